The van der Waals surface area contributed by atoms with Crippen LogP contribution in [0.2, 0.25) is 0 Å². The number of para-hydroxylation sites is 2. The van der Waals surface area contributed by atoms with E-state index in [9.17, 15) is 9.59 Å². The number of carbonyl (C=O) groups is 2. The number of likely N-dealkylation sites (N-methyl/N-ethyl adjacent to an activating group) is 1. The lowest BCUT2D eigenvalue weighted by molar-refractivity contribution is -0.130. The maximum atomic E-state index is 13.4. The van der Waals surface area contributed by atoms with Crippen molar-refractivity contribution in [2.24, 2.45) is 0 Å². The lowest BCUT2D eigenvalue weighted by atomic mass is 9.96. The first kappa shape index (κ1) is 20.6. The molecule has 0 unspecified atom stereocenters. The molecule has 0 radical (unpaired) electrons. The Labute approximate surface area is 189 Å². The lowest BCUT2D eigenvalue weighted by Crippen LogP contribution is -2.51. The normalized spacial score (nSPS) is 17.2. The van der Waals surface area contributed by atoms with Gasteiger partial charge in [0, 0.05) is 38.1 Å². The van der Waals surface area contributed by atoms with Gasteiger partial charge in [0.2, 0.25) is 5.91 Å². The topological polar surface area (TPSA) is 48.8 Å². The molecule has 6 nitrogen and oxygen atoms in total. The maximum Gasteiger partial charge on any atom is 0.257 e. The van der Waals surface area contributed by atoms with Crippen LogP contribution in [0.5, 0.6) is 0 Å². The van der Waals surface area contributed by atoms with Gasteiger partial charge in [0.05, 0.1) is 16.9 Å². The lowest BCUT2D eigenvalue weighted by Gasteiger charge is -2.46. The molecule has 2 amide bonds. The number of aromatic nitrogens is 1. The van der Waals surface area contributed by atoms with Gasteiger partial charge in [0.1, 0.15) is 12.7 Å². The molecule has 2 aliphatic rings. The summed E-state index contributed by atoms with van der Waals surface area (Å²) in [6.45, 7) is 3.85. The van der Waals surface area contributed by atoms with Crippen molar-refractivity contribution < 1.29 is 9.59 Å². The minimum atomic E-state index is -0.220. The van der Waals surface area contributed by atoms with E-state index in [2.05, 4.69) is 41.6 Å². The molecule has 1 atom stereocenters. The number of anilines is 1. The fourth-order valence-electron chi connectivity index (χ4n) is 5.25. The van der Waals surface area contributed by atoms with E-state index >= 15 is 0 Å². The van der Waals surface area contributed by atoms with Gasteiger partial charge in [0.15, 0.2) is 0 Å². The van der Waals surface area contributed by atoms with Gasteiger partial charge in [0.25, 0.3) is 5.91 Å². The second-order valence-electron chi connectivity index (χ2n) is 8.89. The van der Waals surface area contributed by atoms with Crippen molar-refractivity contribution in [2.45, 2.75) is 38.9 Å². The van der Waals surface area contributed by atoms with Gasteiger partial charge in [-0.2, -0.15) is 0 Å². The molecule has 0 aliphatic carbocycles. The molecule has 0 spiro atoms. The van der Waals surface area contributed by atoms with Crippen molar-refractivity contribution in [1.29, 1.82) is 0 Å². The summed E-state index contributed by atoms with van der Waals surface area (Å²) in [4.78, 5) is 32.5. The minimum absolute atomic E-state index is 0.0672. The predicted molar refractivity (Wildman–Crippen MR) is 127 cm³/mol. The van der Waals surface area contributed by atoms with Crippen molar-refractivity contribution in [2.75, 3.05) is 32.1 Å². The average molecular weight is 431 g/mol. The summed E-state index contributed by atoms with van der Waals surface area (Å²) >= 11 is 0. The van der Waals surface area contributed by atoms with E-state index in [-0.39, 0.29) is 24.5 Å². The molecule has 0 saturated carbocycles. The van der Waals surface area contributed by atoms with Crippen LogP contribution in [0, 0.1) is 0 Å². The maximum absolute atomic E-state index is 13.4. The highest BCUT2D eigenvalue weighted by atomic mass is 16.2. The summed E-state index contributed by atoms with van der Waals surface area (Å²) in [7, 11) is 3.93. The fraction of sp³-hybridized carbons (Fsp3) is 0.385. The van der Waals surface area contributed by atoms with Gasteiger partial charge in [-0.05, 0) is 36.6 Å². The molecular weight excluding hydrogens is 400 g/mol. The van der Waals surface area contributed by atoms with Gasteiger partial charge < -0.3 is 19.3 Å². The summed E-state index contributed by atoms with van der Waals surface area (Å²) in [5, 5.41) is 1.19. The van der Waals surface area contributed by atoms with Crippen molar-refractivity contribution in [3.8, 4) is 0 Å². The largest absolute Gasteiger partial charge is 0.349 e. The van der Waals surface area contributed by atoms with Crippen LogP contribution in [0.1, 0.15) is 47.5 Å². The Balaban J connectivity index is 1.64. The highest BCUT2D eigenvalue weighted by Crippen LogP contribution is 2.44. The molecule has 2 aliphatic heterocycles. The number of fused-ring (bicyclic) bond motifs is 6. The van der Waals surface area contributed by atoms with Crippen LogP contribution >= 0.6 is 0 Å². The zero-order valence-corrected chi connectivity index (χ0v) is 19.0. The Kier molecular flexibility index (Phi) is 5.16. The summed E-state index contributed by atoms with van der Waals surface area (Å²) in [6, 6.07) is 16.1. The van der Waals surface area contributed by atoms with Crippen LogP contribution in [-0.2, 0) is 17.8 Å². The molecule has 0 bridgehead atoms. The fourth-order valence-corrected chi connectivity index (χ4v) is 5.25. The number of nitrogens with zero attached hydrogens (tertiary/aromatic N) is 4. The summed E-state index contributed by atoms with van der Waals surface area (Å²) < 4.78 is 2.16. The van der Waals surface area contributed by atoms with Gasteiger partial charge in [-0.15, -0.1) is 0 Å². The number of hydrogen-bond donors (Lipinski definition) is 0. The van der Waals surface area contributed by atoms with Crippen LogP contribution in [0.15, 0.2) is 48.5 Å². The molecule has 3 heterocycles. The number of benzene rings is 2. The molecule has 166 valence electrons. The Morgan fingerprint density at radius 2 is 1.88 bits per heavy atom. The van der Waals surface area contributed by atoms with Crippen LogP contribution in [0.25, 0.3) is 10.9 Å². The summed E-state index contributed by atoms with van der Waals surface area (Å²) in [5.74, 6) is 0.168. The smallest absolute Gasteiger partial charge is 0.257 e. The Bertz CT molecular complexity index is 1200. The SMILES string of the molecule is CCCCN(C)C(=O)Cn1c2c(c3ccccc31)CCN1C(=O)c3ccccc3N(C)[C@H]21. The average Bonchev–Trinajstić information content (AvgIpc) is 3.14. The van der Waals surface area contributed by atoms with E-state index in [1.807, 2.05) is 47.2 Å². The van der Waals surface area contributed by atoms with Crippen LogP contribution in [0.3, 0.4) is 0 Å². The van der Waals surface area contributed by atoms with E-state index < -0.39 is 0 Å². The van der Waals surface area contributed by atoms with Crippen molar-refractivity contribution >= 4 is 28.4 Å². The molecule has 0 N–H and O–H groups in total. The minimum Gasteiger partial charge on any atom is -0.349 e. The van der Waals surface area contributed by atoms with Crippen molar-refractivity contribution in [3.05, 3.63) is 65.4 Å². The first-order chi connectivity index (χ1) is 15.5. The molecule has 6 heteroatoms. The second-order valence-corrected chi connectivity index (χ2v) is 8.89. The molecule has 5 rings (SSSR count). The first-order valence-electron chi connectivity index (χ1n) is 11.5. The monoisotopic (exact) mass is 430 g/mol. The molecule has 0 fully saturated rings. The highest BCUT2D eigenvalue weighted by molar-refractivity contribution is 6.02. The Hall–Kier alpha value is -3.28. The number of amides is 2. The van der Waals surface area contributed by atoms with Gasteiger partial charge in [-0.25, -0.2) is 0 Å². The third-order valence-corrected chi connectivity index (χ3v) is 6.97. The highest BCUT2D eigenvalue weighted by Gasteiger charge is 2.42. The summed E-state index contributed by atoms with van der Waals surface area (Å²) in [5.41, 5.74) is 5.07. The second kappa shape index (κ2) is 8.01. The van der Waals surface area contributed by atoms with Gasteiger partial charge in [-0.1, -0.05) is 43.7 Å². The Morgan fingerprint density at radius 3 is 2.69 bits per heavy atom. The van der Waals surface area contributed by atoms with Gasteiger partial charge in [-0.3, -0.25) is 9.59 Å². The van der Waals surface area contributed by atoms with Gasteiger partial charge >= 0.3 is 0 Å². The van der Waals surface area contributed by atoms with E-state index in [1.54, 1.807) is 0 Å². The molecule has 2 aromatic carbocycles. The zero-order valence-electron chi connectivity index (χ0n) is 19.0. The van der Waals surface area contributed by atoms with Crippen molar-refractivity contribution in [1.82, 2.24) is 14.4 Å². The number of rotatable bonds is 5. The standard InChI is InChI=1S/C26H30N4O2/c1-4-5-15-27(2)23(31)17-30-22-13-9-6-10-18(22)19-14-16-29-25(24(19)30)28(3)21-12-8-7-11-20(21)26(29)32/h6-13,25H,4-5,14-17H2,1-3H3/t25-/m0/s1. The molecule has 3 aromatic rings. The molecule has 32 heavy (non-hydrogen) atoms. The Morgan fingerprint density at radius 1 is 1.12 bits per heavy atom. The molecular formula is C26H30N4O2. The van der Waals surface area contributed by atoms with Crippen molar-refractivity contribution in [3.63, 3.8) is 0 Å². The third-order valence-electron chi connectivity index (χ3n) is 6.97. The van der Waals surface area contributed by atoms with E-state index in [1.165, 1.54) is 10.9 Å². The van der Waals surface area contributed by atoms with E-state index in [0.29, 0.717) is 6.54 Å². The number of carbonyl (C=O) groups excluding carboxylic acids is 2. The van der Waals surface area contributed by atoms with Crippen LogP contribution in [0.4, 0.5) is 5.69 Å². The van der Waals surface area contributed by atoms with Crippen LogP contribution < -0.4 is 4.90 Å². The van der Waals surface area contributed by atoms with E-state index in [4.69, 9.17) is 0 Å². The third kappa shape index (κ3) is 3.08. The molecule has 1 aromatic heterocycles. The van der Waals surface area contributed by atoms with Crippen LogP contribution in [-0.4, -0.2) is 53.4 Å². The van der Waals surface area contributed by atoms with E-state index in [0.717, 1.165) is 48.3 Å². The number of hydrogen-bond acceptors (Lipinski definition) is 3. The number of unbranched alkanes of at least 4 members (excludes halogenated alkanes) is 1. The molecule has 0 saturated heterocycles. The summed E-state index contributed by atoms with van der Waals surface area (Å²) in [6.07, 6.45) is 2.63. The zero-order chi connectivity index (χ0) is 22.4. The first-order valence-corrected chi connectivity index (χ1v) is 11.5. The quantitative estimate of drug-likeness (QED) is 0.614. The predicted octanol–water partition coefficient (Wildman–Crippen LogP) is 4.05.